The Hall–Kier alpha value is -2.86. The van der Waals surface area contributed by atoms with Gasteiger partial charge in [0.15, 0.2) is 0 Å². The van der Waals surface area contributed by atoms with E-state index in [0.717, 1.165) is 5.56 Å². The Labute approximate surface area is 109 Å². The minimum Gasteiger partial charge on any atom is -0.463 e. The molecule has 0 unspecified atom stereocenters. The minimum absolute atomic E-state index is 0.113. The van der Waals surface area contributed by atoms with Crippen LogP contribution in [0.3, 0.4) is 0 Å². The molecule has 0 saturated carbocycles. The number of para-hydroxylation sites is 1. The number of nitrogens with zero attached hydrogens (tertiary/aromatic N) is 1. The molecule has 0 aliphatic rings. The van der Waals surface area contributed by atoms with E-state index in [1.165, 1.54) is 6.26 Å². The van der Waals surface area contributed by atoms with Crippen LogP contribution in [-0.2, 0) is 0 Å². The highest BCUT2D eigenvalue weighted by Crippen LogP contribution is 2.09. The van der Waals surface area contributed by atoms with Crippen LogP contribution in [0.25, 0.3) is 11.0 Å². The van der Waals surface area contributed by atoms with E-state index >= 15 is 0 Å². The number of pyridine rings is 1. The molecule has 0 amide bonds. The maximum Gasteiger partial charge on any atom is 0.208 e. The van der Waals surface area contributed by atoms with Crippen molar-refractivity contribution >= 4 is 11.0 Å². The predicted octanol–water partition coefficient (Wildman–Crippen LogP) is 2.59. The van der Waals surface area contributed by atoms with Gasteiger partial charge in [-0.1, -0.05) is 24.0 Å². The third-order valence-electron chi connectivity index (χ3n) is 2.68. The molecule has 0 spiro atoms. The van der Waals surface area contributed by atoms with Gasteiger partial charge >= 0.3 is 0 Å². The molecular formula is C16H9NO2. The molecule has 90 valence electrons. The van der Waals surface area contributed by atoms with Gasteiger partial charge in [-0.2, -0.15) is 0 Å². The van der Waals surface area contributed by atoms with Crippen LogP contribution in [-0.4, -0.2) is 4.98 Å². The van der Waals surface area contributed by atoms with Gasteiger partial charge in [0.1, 0.15) is 17.4 Å². The Morgan fingerprint density at radius 3 is 2.79 bits per heavy atom. The van der Waals surface area contributed by atoms with Crippen molar-refractivity contribution in [1.29, 1.82) is 0 Å². The van der Waals surface area contributed by atoms with Crippen molar-refractivity contribution in [2.75, 3.05) is 0 Å². The molecule has 0 atom stereocenters. The van der Waals surface area contributed by atoms with Gasteiger partial charge in [0.05, 0.1) is 5.39 Å². The van der Waals surface area contributed by atoms with E-state index in [1.54, 1.807) is 36.7 Å². The van der Waals surface area contributed by atoms with E-state index in [0.29, 0.717) is 16.5 Å². The molecule has 2 heterocycles. The largest absolute Gasteiger partial charge is 0.463 e. The van der Waals surface area contributed by atoms with E-state index in [2.05, 4.69) is 16.8 Å². The smallest absolute Gasteiger partial charge is 0.208 e. The van der Waals surface area contributed by atoms with Gasteiger partial charge in [0.2, 0.25) is 5.43 Å². The molecule has 0 bridgehead atoms. The average Bonchev–Trinajstić information content (AvgIpc) is 2.48. The van der Waals surface area contributed by atoms with Gasteiger partial charge in [-0.3, -0.25) is 9.78 Å². The Morgan fingerprint density at radius 1 is 1.05 bits per heavy atom. The first-order chi connectivity index (χ1) is 9.34. The van der Waals surface area contributed by atoms with Gasteiger partial charge in [0, 0.05) is 18.0 Å². The lowest BCUT2D eigenvalue weighted by Crippen LogP contribution is -2.05. The number of fused-ring (bicyclic) bond motifs is 1. The molecule has 2 aromatic heterocycles. The lowest BCUT2D eigenvalue weighted by Gasteiger charge is -1.95. The zero-order valence-electron chi connectivity index (χ0n) is 9.96. The lowest BCUT2D eigenvalue weighted by atomic mass is 10.1. The molecule has 0 aliphatic carbocycles. The molecule has 0 saturated heterocycles. The molecule has 3 heteroatoms. The van der Waals surface area contributed by atoms with Crippen LogP contribution in [0.5, 0.6) is 0 Å². The Kier molecular flexibility index (Phi) is 2.83. The fourth-order valence-corrected chi connectivity index (χ4v) is 1.74. The quantitative estimate of drug-likeness (QED) is 0.573. The maximum absolute atomic E-state index is 12.2. The first-order valence-electron chi connectivity index (χ1n) is 5.77. The summed E-state index contributed by atoms with van der Waals surface area (Å²) >= 11 is 0. The molecule has 19 heavy (non-hydrogen) atoms. The Balaban J connectivity index is 2.10. The molecule has 0 fully saturated rings. The van der Waals surface area contributed by atoms with Crippen molar-refractivity contribution in [1.82, 2.24) is 4.98 Å². The fraction of sp³-hybridized carbons (Fsp3) is 0. The van der Waals surface area contributed by atoms with Crippen molar-refractivity contribution in [2.45, 2.75) is 0 Å². The van der Waals surface area contributed by atoms with Crippen molar-refractivity contribution in [2.24, 2.45) is 0 Å². The highest BCUT2D eigenvalue weighted by molar-refractivity contribution is 5.77. The van der Waals surface area contributed by atoms with Crippen LogP contribution in [0.4, 0.5) is 0 Å². The number of hydrogen-bond acceptors (Lipinski definition) is 3. The summed E-state index contributed by atoms with van der Waals surface area (Å²) in [5.74, 6) is 5.72. The van der Waals surface area contributed by atoms with Crippen LogP contribution in [0.2, 0.25) is 0 Å². The van der Waals surface area contributed by atoms with Gasteiger partial charge in [-0.05, 0) is 24.3 Å². The minimum atomic E-state index is -0.113. The van der Waals surface area contributed by atoms with E-state index < -0.39 is 0 Å². The van der Waals surface area contributed by atoms with Crippen molar-refractivity contribution in [3.8, 4) is 11.8 Å². The van der Waals surface area contributed by atoms with Crippen molar-refractivity contribution in [3.63, 3.8) is 0 Å². The summed E-state index contributed by atoms with van der Waals surface area (Å²) in [6.07, 6.45) is 4.72. The summed E-state index contributed by atoms with van der Waals surface area (Å²) in [5, 5.41) is 0.542. The first-order valence-corrected chi connectivity index (χ1v) is 5.77. The Bertz CT molecular complexity index is 839. The second kappa shape index (κ2) is 4.79. The molecule has 1 aromatic carbocycles. The first kappa shape index (κ1) is 11.2. The van der Waals surface area contributed by atoms with Crippen molar-refractivity contribution in [3.05, 3.63) is 76.4 Å². The maximum atomic E-state index is 12.2. The van der Waals surface area contributed by atoms with Crippen LogP contribution in [0.1, 0.15) is 11.1 Å². The summed E-state index contributed by atoms with van der Waals surface area (Å²) in [6, 6.07) is 10.8. The van der Waals surface area contributed by atoms with Gasteiger partial charge in [0.25, 0.3) is 0 Å². The summed E-state index contributed by atoms with van der Waals surface area (Å²) in [6.45, 7) is 0. The second-order valence-corrected chi connectivity index (χ2v) is 3.97. The summed E-state index contributed by atoms with van der Waals surface area (Å²) in [5.41, 5.74) is 1.57. The number of rotatable bonds is 0. The molecule has 3 nitrogen and oxygen atoms in total. The standard InChI is InChI=1S/C16H9NO2/c18-16-13(8-7-12-4-3-9-17-10-12)11-19-15-6-2-1-5-14(15)16/h1-6,9-11H. The highest BCUT2D eigenvalue weighted by Gasteiger charge is 2.03. The Morgan fingerprint density at radius 2 is 1.95 bits per heavy atom. The molecular weight excluding hydrogens is 238 g/mol. The number of benzene rings is 1. The molecule has 0 radical (unpaired) electrons. The zero-order valence-corrected chi connectivity index (χ0v) is 9.96. The van der Waals surface area contributed by atoms with Gasteiger partial charge in [-0.25, -0.2) is 0 Å². The zero-order chi connectivity index (χ0) is 13.1. The van der Waals surface area contributed by atoms with Crippen LogP contribution in [0.15, 0.2) is 64.3 Å². The van der Waals surface area contributed by atoms with E-state index in [9.17, 15) is 4.79 Å². The van der Waals surface area contributed by atoms with Crippen LogP contribution in [0, 0.1) is 11.8 Å². The molecule has 3 rings (SSSR count). The van der Waals surface area contributed by atoms with Gasteiger partial charge in [-0.15, -0.1) is 0 Å². The normalized spacial score (nSPS) is 9.89. The number of hydrogen-bond donors (Lipinski definition) is 0. The highest BCUT2D eigenvalue weighted by atomic mass is 16.3. The summed E-state index contributed by atoms with van der Waals surface area (Å²) in [4.78, 5) is 16.1. The molecule has 3 aromatic rings. The summed E-state index contributed by atoms with van der Waals surface area (Å²) < 4.78 is 5.39. The fourth-order valence-electron chi connectivity index (χ4n) is 1.74. The van der Waals surface area contributed by atoms with Gasteiger partial charge < -0.3 is 4.42 Å². The lowest BCUT2D eigenvalue weighted by molar-refractivity contribution is 0.600. The van der Waals surface area contributed by atoms with Crippen molar-refractivity contribution < 1.29 is 4.42 Å². The topological polar surface area (TPSA) is 43.1 Å². The monoisotopic (exact) mass is 247 g/mol. The summed E-state index contributed by atoms with van der Waals surface area (Å²) in [7, 11) is 0. The van der Waals surface area contributed by atoms with Crippen LogP contribution >= 0.6 is 0 Å². The van der Waals surface area contributed by atoms with E-state index in [-0.39, 0.29) is 5.43 Å². The second-order valence-electron chi connectivity index (χ2n) is 3.97. The van der Waals surface area contributed by atoms with E-state index in [1.807, 2.05) is 12.1 Å². The molecule has 0 aliphatic heterocycles. The number of aromatic nitrogens is 1. The predicted molar refractivity (Wildman–Crippen MR) is 72.7 cm³/mol. The molecule has 0 N–H and O–H groups in total. The third kappa shape index (κ3) is 2.24. The average molecular weight is 247 g/mol. The van der Waals surface area contributed by atoms with E-state index in [4.69, 9.17) is 4.42 Å². The van der Waals surface area contributed by atoms with Crippen LogP contribution < -0.4 is 5.43 Å². The third-order valence-corrected chi connectivity index (χ3v) is 2.68. The SMILES string of the molecule is O=c1c(C#Cc2cccnc2)coc2ccccc12.